The second-order valence-electron chi connectivity index (χ2n) is 4.60. The summed E-state index contributed by atoms with van der Waals surface area (Å²) in [6, 6.07) is 0. The third-order valence-electron chi connectivity index (χ3n) is 3.50. The van der Waals surface area contributed by atoms with E-state index in [1.165, 1.54) is 0 Å². The molecule has 93 valence electrons. The second-order valence-corrected chi connectivity index (χ2v) is 5.83. The van der Waals surface area contributed by atoms with Gasteiger partial charge in [0.2, 0.25) is 0 Å². The van der Waals surface area contributed by atoms with Crippen LogP contribution in [0.1, 0.15) is 6.42 Å². The second kappa shape index (κ2) is 4.72. The predicted molar refractivity (Wildman–Crippen MR) is 55.1 cm³/mol. The third-order valence-corrected chi connectivity index (χ3v) is 3.99. The molecular weight excluding hydrogens is 233 g/mol. The first-order valence-electron chi connectivity index (χ1n) is 5.52. The number of hydrogen-bond acceptors (Lipinski definition) is 3. The van der Waals surface area contributed by atoms with E-state index in [0.29, 0.717) is 24.2 Å². The smallest absolute Gasteiger partial charge is 0.303 e. The van der Waals surface area contributed by atoms with Crippen molar-refractivity contribution in [2.45, 2.75) is 6.42 Å². The summed E-state index contributed by atoms with van der Waals surface area (Å²) in [5, 5.41) is 10.3. The summed E-state index contributed by atoms with van der Waals surface area (Å²) in [6.45, 7) is 2.87. The molecule has 0 aromatic carbocycles. The van der Waals surface area contributed by atoms with Crippen LogP contribution in [0.4, 0.5) is 0 Å². The fourth-order valence-electron chi connectivity index (χ4n) is 2.64. The molecule has 1 aliphatic heterocycles. The Morgan fingerprint density at radius 1 is 1.31 bits per heavy atom. The largest absolute Gasteiger partial charge is 0.469 e. The number of hydrogen-bond donors (Lipinski definition) is 2. The highest BCUT2D eigenvalue weighted by Gasteiger charge is 2.55. The Morgan fingerprint density at radius 3 is 2.44 bits per heavy atom. The zero-order valence-electron chi connectivity index (χ0n) is 8.99. The molecule has 0 aromatic rings. The van der Waals surface area contributed by atoms with Gasteiger partial charge in [0.15, 0.2) is 0 Å². The highest BCUT2D eigenvalue weighted by molar-refractivity contribution is 7.46. The Kier molecular flexibility index (Phi) is 3.69. The van der Waals surface area contributed by atoms with Gasteiger partial charge in [-0.05, 0) is 24.2 Å². The van der Waals surface area contributed by atoms with E-state index in [4.69, 9.17) is 9.79 Å². The van der Waals surface area contributed by atoms with Crippen LogP contribution in [0.2, 0.25) is 0 Å². The van der Waals surface area contributed by atoms with Gasteiger partial charge in [0.05, 0.1) is 13.2 Å². The Bertz CT molecular complexity index is 282. The summed E-state index contributed by atoms with van der Waals surface area (Å²) >= 11 is 0. The lowest BCUT2D eigenvalue weighted by molar-refractivity contribution is 0.156. The maximum atomic E-state index is 10.5. The minimum atomic E-state index is -4.31. The summed E-state index contributed by atoms with van der Waals surface area (Å²) < 4.78 is 15.0. The molecule has 6 nitrogen and oxygen atoms in total. The van der Waals surface area contributed by atoms with Gasteiger partial charge in [0, 0.05) is 19.6 Å². The van der Waals surface area contributed by atoms with E-state index in [-0.39, 0.29) is 13.2 Å². The molecule has 2 N–H and O–H groups in total. The van der Waals surface area contributed by atoms with Gasteiger partial charge >= 0.3 is 7.82 Å². The van der Waals surface area contributed by atoms with Gasteiger partial charge in [0.1, 0.15) is 0 Å². The molecule has 1 saturated heterocycles. The van der Waals surface area contributed by atoms with Gasteiger partial charge in [0.25, 0.3) is 0 Å². The summed E-state index contributed by atoms with van der Waals surface area (Å²) in [5.41, 5.74) is 0. The van der Waals surface area contributed by atoms with Crippen molar-refractivity contribution in [3.05, 3.63) is 0 Å². The van der Waals surface area contributed by atoms with Gasteiger partial charge in [-0.3, -0.25) is 4.52 Å². The highest BCUT2D eigenvalue weighted by atomic mass is 31.2. The number of rotatable bonds is 6. The molecule has 0 spiro atoms. The monoisotopic (exact) mass is 250 g/mol. The molecule has 0 bridgehead atoms. The summed E-state index contributed by atoms with van der Waals surface area (Å²) in [5.74, 6) is 1.33. The van der Waals surface area contributed by atoms with Crippen LogP contribution >= 0.6 is 7.82 Å². The highest BCUT2D eigenvalue weighted by Crippen LogP contribution is 2.53. The fraction of sp³-hybridized carbons (Fsp3) is 1.00. The topological polar surface area (TPSA) is 89.9 Å². The summed E-state index contributed by atoms with van der Waals surface area (Å²) in [6.07, 6.45) is 0.684. The van der Waals surface area contributed by atoms with E-state index in [0.717, 1.165) is 19.6 Å². The first-order valence-corrected chi connectivity index (χ1v) is 7.05. The molecule has 1 saturated carbocycles. The Morgan fingerprint density at radius 2 is 1.94 bits per heavy atom. The number of phosphoric ester groups is 1. The van der Waals surface area contributed by atoms with E-state index in [9.17, 15) is 9.67 Å². The van der Waals surface area contributed by atoms with E-state index in [2.05, 4.69) is 9.42 Å². The minimum Gasteiger partial charge on any atom is -0.303 e. The van der Waals surface area contributed by atoms with Gasteiger partial charge in [-0.1, -0.05) is 0 Å². The lowest BCUT2D eigenvalue weighted by Crippen LogP contribution is -2.26. The maximum Gasteiger partial charge on any atom is 0.469 e. The molecule has 1 heterocycles. The van der Waals surface area contributed by atoms with Gasteiger partial charge in [-0.2, -0.15) is 0 Å². The number of piperidine rings is 1. The molecule has 1 aliphatic carbocycles. The van der Waals surface area contributed by atoms with Crippen molar-refractivity contribution in [2.75, 3.05) is 32.8 Å². The average Bonchev–Trinajstić information content (AvgIpc) is 2.65. The van der Waals surface area contributed by atoms with Crippen LogP contribution < -0.4 is 0 Å². The molecule has 7 heteroatoms. The van der Waals surface area contributed by atoms with Crippen molar-refractivity contribution >= 4 is 7.82 Å². The van der Waals surface area contributed by atoms with Crippen molar-refractivity contribution in [3.8, 4) is 0 Å². The van der Waals surface area contributed by atoms with Crippen LogP contribution in [-0.4, -0.2) is 47.5 Å². The lowest BCUT2D eigenvalue weighted by atomic mass is 10.2. The predicted octanol–water partition coefficient (Wildman–Crippen LogP) is 0.0941. The molecule has 1 radical (unpaired) electrons. The van der Waals surface area contributed by atoms with Crippen LogP contribution in [0, 0.1) is 17.8 Å². The zero-order chi connectivity index (χ0) is 11.8. The quantitative estimate of drug-likeness (QED) is 0.652. The van der Waals surface area contributed by atoms with Crippen LogP contribution in [0.15, 0.2) is 0 Å². The summed E-state index contributed by atoms with van der Waals surface area (Å²) in [7, 11) is -4.31. The molecule has 0 aromatic heterocycles. The average molecular weight is 250 g/mol. The van der Waals surface area contributed by atoms with Crippen LogP contribution in [0.5, 0.6) is 0 Å². The van der Waals surface area contributed by atoms with Crippen molar-refractivity contribution in [1.29, 1.82) is 0 Å². The third kappa shape index (κ3) is 3.03. The maximum absolute atomic E-state index is 10.5. The van der Waals surface area contributed by atoms with E-state index in [1.807, 2.05) is 0 Å². The Labute approximate surface area is 94.5 Å². The number of nitrogens with zero attached hydrogens (tertiary/aromatic N) is 1. The fourth-order valence-corrected chi connectivity index (χ4v) is 3.00. The minimum absolute atomic E-state index is 0.0312. The van der Waals surface area contributed by atoms with Crippen molar-refractivity contribution in [3.63, 3.8) is 0 Å². The van der Waals surface area contributed by atoms with Gasteiger partial charge in [-0.25, -0.2) is 9.67 Å². The SMILES string of the molecule is [O]CCCN1C[C@@H]2[C@@H](COP(=O)(O)O)[C@@H]2C1. The van der Waals surface area contributed by atoms with Gasteiger partial charge in [-0.15, -0.1) is 0 Å². The molecule has 3 atom stereocenters. The number of likely N-dealkylation sites (tertiary alicyclic amines) is 1. The van der Waals surface area contributed by atoms with Gasteiger partial charge < -0.3 is 14.7 Å². The van der Waals surface area contributed by atoms with Crippen LogP contribution in [0.25, 0.3) is 0 Å². The van der Waals surface area contributed by atoms with E-state index in [1.54, 1.807) is 0 Å². The normalized spacial score (nSPS) is 34.1. The Hall–Kier alpha value is 0.0300. The molecule has 2 fully saturated rings. The van der Waals surface area contributed by atoms with Crippen LogP contribution in [0.3, 0.4) is 0 Å². The van der Waals surface area contributed by atoms with Crippen molar-refractivity contribution in [1.82, 2.24) is 4.90 Å². The number of phosphoric acid groups is 1. The molecule has 0 unspecified atom stereocenters. The molecule has 0 amide bonds. The molecule has 2 rings (SSSR count). The first-order chi connectivity index (χ1) is 7.51. The van der Waals surface area contributed by atoms with Crippen molar-refractivity contribution < 1.29 is 24.0 Å². The molecular formula is C9H17NO5P. The standard InChI is InChI=1S/C9H17NO5P/c11-3-1-2-10-4-7-8(5-10)9(7)6-15-16(12,13)14/h7-9H,1-6H2,(H2,12,13,14)/t7-,8+,9+. The van der Waals surface area contributed by atoms with E-state index < -0.39 is 7.82 Å². The van der Waals surface area contributed by atoms with Crippen molar-refractivity contribution in [2.24, 2.45) is 17.8 Å². The first kappa shape index (κ1) is 12.5. The lowest BCUT2D eigenvalue weighted by Gasteiger charge is -2.18. The van der Waals surface area contributed by atoms with E-state index >= 15 is 0 Å². The Balaban J connectivity index is 1.65. The number of fused-ring (bicyclic) bond motifs is 1. The summed E-state index contributed by atoms with van der Waals surface area (Å²) in [4.78, 5) is 19.4. The molecule has 16 heavy (non-hydrogen) atoms. The molecule has 2 aliphatic rings. The van der Waals surface area contributed by atoms with Crippen LogP contribution in [-0.2, 0) is 14.2 Å². The zero-order valence-corrected chi connectivity index (χ0v) is 9.88.